The van der Waals surface area contributed by atoms with Crippen LogP contribution in [-0.2, 0) is 9.53 Å². The number of hydrogen-bond donors (Lipinski definition) is 1. The van der Waals surface area contributed by atoms with Gasteiger partial charge in [-0.15, -0.1) is 0 Å². The molecule has 0 aromatic heterocycles. The Morgan fingerprint density at radius 3 is 2.60 bits per heavy atom. The maximum Gasteiger partial charge on any atom is 0.311 e. The molecule has 0 spiro atoms. The highest BCUT2D eigenvalue weighted by atomic mass is 16.5. The fourth-order valence-corrected chi connectivity index (χ4v) is 2.26. The standard InChI is InChI=1S/C16H25NO3/c1-6-20-14-8-7-11(2)9-12(14)13(17)10-16(3,4)15(18)19-5/h7-9,13H,6,10,17H2,1-5H3. The molecule has 2 N–H and O–H groups in total. The van der Waals surface area contributed by atoms with Gasteiger partial charge in [-0.1, -0.05) is 17.7 Å². The molecule has 0 aliphatic rings. The highest BCUT2D eigenvalue weighted by Gasteiger charge is 2.32. The number of aryl methyl sites for hydroxylation is 1. The number of carbonyl (C=O) groups excluding carboxylic acids is 1. The highest BCUT2D eigenvalue weighted by Crippen LogP contribution is 2.34. The summed E-state index contributed by atoms with van der Waals surface area (Å²) in [5, 5.41) is 0. The lowest BCUT2D eigenvalue weighted by Gasteiger charge is -2.26. The van der Waals surface area contributed by atoms with Gasteiger partial charge in [-0.25, -0.2) is 0 Å². The van der Waals surface area contributed by atoms with E-state index in [1.165, 1.54) is 7.11 Å². The molecule has 1 aromatic rings. The summed E-state index contributed by atoms with van der Waals surface area (Å²) < 4.78 is 10.4. The van der Waals surface area contributed by atoms with Crippen molar-refractivity contribution in [3.05, 3.63) is 29.3 Å². The van der Waals surface area contributed by atoms with E-state index in [0.717, 1.165) is 16.9 Å². The van der Waals surface area contributed by atoms with E-state index >= 15 is 0 Å². The molecule has 112 valence electrons. The van der Waals surface area contributed by atoms with Crippen LogP contribution in [0.3, 0.4) is 0 Å². The molecule has 20 heavy (non-hydrogen) atoms. The molecule has 0 radical (unpaired) electrons. The van der Waals surface area contributed by atoms with Gasteiger partial charge in [0.05, 0.1) is 19.1 Å². The number of hydrogen-bond acceptors (Lipinski definition) is 4. The van der Waals surface area contributed by atoms with Gasteiger partial charge in [0, 0.05) is 11.6 Å². The van der Waals surface area contributed by atoms with Gasteiger partial charge in [-0.2, -0.15) is 0 Å². The normalized spacial score (nSPS) is 12.9. The van der Waals surface area contributed by atoms with Crippen molar-refractivity contribution in [2.45, 2.75) is 40.2 Å². The highest BCUT2D eigenvalue weighted by molar-refractivity contribution is 5.75. The fourth-order valence-electron chi connectivity index (χ4n) is 2.26. The molecular formula is C16H25NO3. The summed E-state index contributed by atoms with van der Waals surface area (Å²) in [7, 11) is 1.40. The Morgan fingerprint density at radius 2 is 2.05 bits per heavy atom. The Balaban J connectivity index is 2.99. The molecule has 4 heteroatoms. The van der Waals surface area contributed by atoms with Crippen LogP contribution in [0.4, 0.5) is 0 Å². The summed E-state index contributed by atoms with van der Waals surface area (Å²) in [5.41, 5.74) is 7.72. The Morgan fingerprint density at radius 1 is 1.40 bits per heavy atom. The quantitative estimate of drug-likeness (QED) is 0.813. The molecular weight excluding hydrogens is 254 g/mol. The summed E-state index contributed by atoms with van der Waals surface area (Å²) in [5.74, 6) is 0.532. The van der Waals surface area contributed by atoms with Crippen molar-refractivity contribution in [2.24, 2.45) is 11.1 Å². The second-order valence-electron chi connectivity index (χ2n) is 5.66. The van der Waals surface area contributed by atoms with Gasteiger partial charge in [0.15, 0.2) is 0 Å². The summed E-state index contributed by atoms with van der Waals surface area (Å²) in [4.78, 5) is 11.8. The van der Waals surface area contributed by atoms with Gasteiger partial charge < -0.3 is 15.2 Å². The van der Waals surface area contributed by atoms with E-state index in [-0.39, 0.29) is 12.0 Å². The van der Waals surface area contributed by atoms with Crippen molar-refractivity contribution in [3.63, 3.8) is 0 Å². The lowest BCUT2D eigenvalue weighted by atomic mass is 9.83. The number of carbonyl (C=O) groups is 1. The van der Waals surface area contributed by atoms with Crippen LogP contribution >= 0.6 is 0 Å². The molecule has 1 atom stereocenters. The first-order valence-corrected chi connectivity index (χ1v) is 6.89. The first-order valence-electron chi connectivity index (χ1n) is 6.89. The van der Waals surface area contributed by atoms with Gasteiger partial charge in [-0.3, -0.25) is 4.79 Å². The molecule has 0 saturated carbocycles. The zero-order valence-corrected chi connectivity index (χ0v) is 13.0. The van der Waals surface area contributed by atoms with E-state index in [2.05, 4.69) is 0 Å². The van der Waals surface area contributed by atoms with Gasteiger partial charge in [0.2, 0.25) is 0 Å². The molecule has 1 unspecified atom stereocenters. The summed E-state index contributed by atoms with van der Waals surface area (Å²) in [6, 6.07) is 5.67. The molecule has 0 bridgehead atoms. The number of ether oxygens (including phenoxy) is 2. The average Bonchev–Trinajstić information content (AvgIpc) is 2.39. The summed E-state index contributed by atoms with van der Waals surface area (Å²) in [6.45, 7) is 8.22. The number of methoxy groups -OCH3 is 1. The fraction of sp³-hybridized carbons (Fsp3) is 0.562. The topological polar surface area (TPSA) is 61.5 Å². The Kier molecular flexibility index (Phi) is 5.57. The van der Waals surface area contributed by atoms with Crippen LogP contribution in [0.25, 0.3) is 0 Å². The molecule has 1 rings (SSSR count). The smallest absolute Gasteiger partial charge is 0.311 e. The third-order valence-electron chi connectivity index (χ3n) is 3.33. The predicted molar refractivity (Wildman–Crippen MR) is 79.7 cm³/mol. The number of rotatable bonds is 6. The van der Waals surface area contributed by atoms with Crippen molar-refractivity contribution in [1.29, 1.82) is 0 Å². The zero-order valence-electron chi connectivity index (χ0n) is 13.0. The largest absolute Gasteiger partial charge is 0.494 e. The van der Waals surface area contributed by atoms with Crippen molar-refractivity contribution >= 4 is 5.97 Å². The van der Waals surface area contributed by atoms with Crippen molar-refractivity contribution < 1.29 is 14.3 Å². The Hall–Kier alpha value is -1.55. The van der Waals surface area contributed by atoms with Gasteiger partial charge in [-0.05, 0) is 40.2 Å². The zero-order chi connectivity index (χ0) is 15.3. The molecule has 0 aliphatic carbocycles. The van der Waals surface area contributed by atoms with Crippen molar-refractivity contribution in [3.8, 4) is 5.75 Å². The second-order valence-corrected chi connectivity index (χ2v) is 5.66. The molecule has 0 heterocycles. The third-order valence-corrected chi connectivity index (χ3v) is 3.33. The molecule has 4 nitrogen and oxygen atoms in total. The Bertz CT molecular complexity index is 469. The minimum atomic E-state index is -0.624. The maximum absolute atomic E-state index is 11.8. The first kappa shape index (κ1) is 16.5. The van der Waals surface area contributed by atoms with Crippen LogP contribution in [0.1, 0.15) is 44.4 Å². The van der Waals surface area contributed by atoms with Crippen molar-refractivity contribution in [2.75, 3.05) is 13.7 Å². The van der Waals surface area contributed by atoms with Crippen LogP contribution in [0.2, 0.25) is 0 Å². The van der Waals surface area contributed by atoms with Crippen LogP contribution in [-0.4, -0.2) is 19.7 Å². The van der Waals surface area contributed by atoms with E-state index in [9.17, 15) is 4.79 Å². The van der Waals surface area contributed by atoms with Crippen LogP contribution in [0.5, 0.6) is 5.75 Å². The molecule has 0 saturated heterocycles. The molecule has 1 aromatic carbocycles. The van der Waals surface area contributed by atoms with Gasteiger partial charge in [0.1, 0.15) is 5.75 Å². The summed E-state index contributed by atoms with van der Waals surface area (Å²) >= 11 is 0. The lowest BCUT2D eigenvalue weighted by Crippen LogP contribution is -2.30. The molecule has 0 amide bonds. The number of esters is 1. The third kappa shape index (κ3) is 3.97. The van der Waals surface area contributed by atoms with Crippen LogP contribution < -0.4 is 10.5 Å². The lowest BCUT2D eigenvalue weighted by molar-refractivity contribution is -0.151. The van der Waals surface area contributed by atoms with E-state index in [1.807, 2.05) is 45.9 Å². The Labute approximate surface area is 121 Å². The maximum atomic E-state index is 11.8. The van der Waals surface area contributed by atoms with E-state index in [4.69, 9.17) is 15.2 Å². The summed E-state index contributed by atoms with van der Waals surface area (Å²) in [6.07, 6.45) is 0.503. The van der Waals surface area contributed by atoms with Crippen LogP contribution in [0.15, 0.2) is 18.2 Å². The van der Waals surface area contributed by atoms with Gasteiger partial charge >= 0.3 is 5.97 Å². The minimum Gasteiger partial charge on any atom is -0.494 e. The average molecular weight is 279 g/mol. The first-order chi connectivity index (χ1) is 9.31. The molecule has 0 fully saturated rings. The number of nitrogens with two attached hydrogens (primary N) is 1. The monoisotopic (exact) mass is 279 g/mol. The minimum absolute atomic E-state index is 0.251. The van der Waals surface area contributed by atoms with Crippen molar-refractivity contribution in [1.82, 2.24) is 0 Å². The predicted octanol–water partition coefficient (Wildman–Crippen LogP) is 2.98. The van der Waals surface area contributed by atoms with E-state index < -0.39 is 5.41 Å². The van der Waals surface area contributed by atoms with E-state index in [1.54, 1.807) is 0 Å². The van der Waals surface area contributed by atoms with Crippen LogP contribution in [0, 0.1) is 12.3 Å². The van der Waals surface area contributed by atoms with Gasteiger partial charge in [0.25, 0.3) is 0 Å². The number of benzene rings is 1. The molecule has 0 aliphatic heterocycles. The van der Waals surface area contributed by atoms with E-state index in [0.29, 0.717) is 13.0 Å². The SMILES string of the molecule is CCOc1ccc(C)cc1C(N)CC(C)(C)C(=O)OC. The second kappa shape index (κ2) is 6.75.